The highest BCUT2D eigenvalue weighted by atomic mass is 16.4. The van der Waals surface area contributed by atoms with E-state index in [0.29, 0.717) is 24.5 Å². The zero-order chi connectivity index (χ0) is 16.1. The molecule has 0 bridgehead atoms. The predicted octanol–water partition coefficient (Wildman–Crippen LogP) is 2.25. The van der Waals surface area contributed by atoms with Gasteiger partial charge >= 0.3 is 5.97 Å². The molecule has 0 spiro atoms. The van der Waals surface area contributed by atoms with E-state index in [1.807, 2.05) is 10.7 Å². The van der Waals surface area contributed by atoms with E-state index in [1.54, 1.807) is 0 Å². The number of hydrogen-bond donors (Lipinski definition) is 2. The molecule has 0 saturated heterocycles. The number of amides is 1. The normalized spacial score (nSPS) is 20.3. The Hall–Kier alpha value is -1.85. The Labute approximate surface area is 129 Å². The Morgan fingerprint density at radius 3 is 2.41 bits per heavy atom. The van der Waals surface area contributed by atoms with Gasteiger partial charge in [0, 0.05) is 11.6 Å². The van der Waals surface area contributed by atoms with Crippen molar-refractivity contribution in [1.29, 1.82) is 0 Å². The van der Waals surface area contributed by atoms with Crippen molar-refractivity contribution >= 4 is 11.9 Å². The van der Waals surface area contributed by atoms with Crippen molar-refractivity contribution < 1.29 is 14.7 Å². The molecule has 1 aromatic heterocycles. The minimum absolute atomic E-state index is 0.197. The number of carbonyl (C=O) groups excluding carboxylic acids is 1. The molecule has 22 heavy (non-hydrogen) atoms. The minimum Gasteiger partial charge on any atom is -0.480 e. The highest BCUT2D eigenvalue weighted by Crippen LogP contribution is 2.42. The molecule has 2 saturated carbocycles. The lowest BCUT2D eigenvalue weighted by molar-refractivity contribution is -0.148. The Morgan fingerprint density at radius 2 is 2.00 bits per heavy atom. The average Bonchev–Trinajstić information content (AvgIpc) is 3.10. The molecular weight excluding hydrogens is 282 g/mol. The van der Waals surface area contributed by atoms with Crippen LogP contribution in [-0.2, 0) is 10.3 Å². The van der Waals surface area contributed by atoms with Gasteiger partial charge in [0.2, 0.25) is 0 Å². The molecule has 1 heterocycles. The highest BCUT2D eigenvalue weighted by molar-refractivity contribution is 5.96. The van der Waals surface area contributed by atoms with Gasteiger partial charge < -0.3 is 10.4 Å². The van der Waals surface area contributed by atoms with Crippen molar-refractivity contribution in [3.63, 3.8) is 0 Å². The molecule has 6 heteroatoms. The largest absolute Gasteiger partial charge is 0.480 e. The molecule has 2 N–H and O–H groups in total. The van der Waals surface area contributed by atoms with Crippen LogP contribution in [0, 0.1) is 0 Å². The number of carboxylic acids is 1. The maximum absolute atomic E-state index is 12.4. The lowest BCUT2D eigenvalue weighted by atomic mass is 9.76. The number of aromatic nitrogens is 2. The summed E-state index contributed by atoms with van der Waals surface area (Å²) in [6.45, 7) is 6.16. The van der Waals surface area contributed by atoms with E-state index in [0.717, 1.165) is 25.0 Å². The van der Waals surface area contributed by atoms with Gasteiger partial charge in [-0.3, -0.25) is 9.48 Å². The standard InChI is InChI=1S/C16H23N3O3/c1-15(2,3)19-12(10-5-6-10)9-11(18-19)13(20)17-16(14(21)22)7-4-8-16/h9-10H,4-8H2,1-3H3,(H,17,20)(H,21,22). The van der Waals surface area contributed by atoms with Crippen LogP contribution in [0.25, 0.3) is 0 Å². The zero-order valence-electron chi connectivity index (χ0n) is 13.3. The molecule has 6 nitrogen and oxygen atoms in total. The topological polar surface area (TPSA) is 84.2 Å². The molecule has 2 aliphatic carbocycles. The van der Waals surface area contributed by atoms with Crippen LogP contribution in [0.4, 0.5) is 0 Å². The Kier molecular flexibility index (Phi) is 3.30. The minimum atomic E-state index is -1.09. The second-order valence-electron chi connectivity index (χ2n) is 7.51. The molecule has 0 unspecified atom stereocenters. The van der Waals surface area contributed by atoms with Gasteiger partial charge in [-0.15, -0.1) is 0 Å². The number of nitrogens with zero attached hydrogens (tertiary/aromatic N) is 2. The molecule has 2 aliphatic rings. The van der Waals surface area contributed by atoms with Crippen LogP contribution < -0.4 is 5.32 Å². The summed E-state index contributed by atoms with van der Waals surface area (Å²) in [7, 11) is 0. The fourth-order valence-corrected chi connectivity index (χ4v) is 2.92. The van der Waals surface area contributed by atoms with Crippen molar-refractivity contribution in [3.05, 3.63) is 17.5 Å². The van der Waals surface area contributed by atoms with E-state index in [2.05, 4.69) is 31.2 Å². The van der Waals surface area contributed by atoms with E-state index in [4.69, 9.17) is 0 Å². The van der Waals surface area contributed by atoms with Gasteiger partial charge in [0.25, 0.3) is 5.91 Å². The van der Waals surface area contributed by atoms with Crippen molar-refractivity contribution in [1.82, 2.24) is 15.1 Å². The monoisotopic (exact) mass is 305 g/mol. The fourth-order valence-electron chi connectivity index (χ4n) is 2.92. The summed E-state index contributed by atoms with van der Waals surface area (Å²) in [4.78, 5) is 23.8. The van der Waals surface area contributed by atoms with Crippen LogP contribution in [0.15, 0.2) is 6.07 Å². The Balaban J connectivity index is 1.85. The first-order valence-electron chi connectivity index (χ1n) is 7.89. The van der Waals surface area contributed by atoms with E-state index >= 15 is 0 Å². The van der Waals surface area contributed by atoms with Crippen LogP contribution in [0.2, 0.25) is 0 Å². The van der Waals surface area contributed by atoms with Gasteiger partial charge in [0.05, 0.1) is 5.54 Å². The maximum atomic E-state index is 12.4. The molecule has 1 aromatic rings. The molecule has 120 valence electrons. The maximum Gasteiger partial charge on any atom is 0.329 e. The molecule has 0 radical (unpaired) electrons. The van der Waals surface area contributed by atoms with Crippen LogP contribution in [0.5, 0.6) is 0 Å². The molecule has 1 amide bonds. The summed E-state index contributed by atoms with van der Waals surface area (Å²) in [6.07, 6.45) is 4.06. The van der Waals surface area contributed by atoms with Crippen LogP contribution >= 0.6 is 0 Å². The van der Waals surface area contributed by atoms with E-state index in [1.165, 1.54) is 0 Å². The van der Waals surface area contributed by atoms with Crippen molar-refractivity contribution in [2.45, 2.75) is 69.9 Å². The number of carbonyl (C=O) groups is 2. The molecule has 0 aliphatic heterocycles. The van der Waals surface area contributed by atoms with E-state index < -0.39 is 11.5 Å². The first-order valence-corrected chi connectivity index (χ1v) is 7.89. The smallest absolute Gasteiger partial charge is 0.329 e. The molecule has 2 fully saturated rings. The summed E-state index contributed by atoms with van der Waals surface area (Å²) in [5, 5.41) is 16.5. The number of hydrogen-bond acceptors (Lipinski definition) is 3. The zero-order valence-corrected chi connectivity index (χ0v) is 13.3. The predicted molar refractivity (Wildman–Crippen MR) is 80.9 cm³/mol. The summed E-state index contributed by atoms with van der Waals surface area (Å²) in [5.74, 6) is -0.859. The summed E-state index contributed by atoms with van der Waals surface area (Å²) >= 11 is 0. The van der Waals surface area contributed by atoms with Gasteiger partial charge in [-0.2, -0.15) is 5.10 Å². The van der Waals surface area contributed by atoms with Crippen LogP contribution in [-0.4, -0.2) is 32.3 Å². The van der Waals surface area contributed by atoms with Gasteiger partial charge in [-0.05, 0) is 58.9 Å². The summed E-state index contributed by atoms with van der Waals surface area (Å²) in [5.41, 5.74) is 0.111. The summed E-state index contributed by atoms with van der Waals surface area (Å²) < 4.78 is 1.91. The third kappa shape index (κ3) is 2.51. The second kappa shape index (κ2) is 4.83. The van der Waals surface area contributed by atoms with Crippen LogP contribution in [0.3, 0.4) is 0 Å². The van der Waals surface area contributed by atoms with Crippen LogP contribution in [0.1, 0.15) is 75.0 Å². The van der Waals surface area contributed by atoms with Crippen molar-refractivity contribution in [3.8, 4) is 0 Å². The lowest BCUT2D eigenvalue weighted by Crippen LogP contribution is -2.59. The van der Waals surface area contributed by atoms with E-state index in [-0.39, 0.29) is 11.4 Å². The molecule has 0 atom stereocenters. The average molecular weight is 305 g/mol. The molecule has 0 aromatic carbocycles. The van der Waals surface area contributed by atoms with Gasteiger partial charge in [0.15, 0.2) is 5.69 Å². The Bertz CT molecular complexity index is 619. The molecular formula is C16H23N3O3. The number of carboxylic acid groups (broad SMARTS) is 1. The lowest BCUT2D eigenvalue weighted by Gasteiger charge is -2.37. The number of aliphatic carboxylic acids is 1. The van der Waals surface area contributed by atoms with Crippen molar-refractivity contribution in [2.24, 2.45) is 0 Å². The fraction of sp³-hybridized carbons (Fsp3) is 0.688. The second-order valence-corrected chi connectivity index (χ2v) is 7.51. The summed E-state index contributed by atoms with van der Waals surface area (Å²) in [6, 6.07) is 1.83. The third-order valence-corrected chi connectivity index (χ3v) is 4.57. The van der Waals surface area contributed by atoms with E-state index in [9.17, 15) is 14.7 Å². The Morgan fingerprint density at radius 1 is 1.36 bits per heavy atom. The first kappa shape index (κ1) is 15.1. The highest BCUT2D eigenvalue weighted by Gasteiger charge is 2.46. The third-order valence-electron chi connectivity index (χ3n) is 4.57. The number of nitrogens with one attached hydrogen (secondary N) is 1. The first-order chi connectivity index (χ1) is 10.2. The van der Waals surface area contributed by atoms with Crippen molar-refractivity contribution in [2.75, 3.05) is 0 Å². The molecule has 3 rings (SSSR count). The number of rotatable bonds is 4. The quantitative estimate of drug-likeness (QED) is 0.893. The van der Waals surface area contributed by atoms with Gasteiger partial charge in [0.1, 0.15) is 5.54 Å². The van der Waals surface area contributed by atoms with Gasteiger partial charge in [-0.1, -0.05) is 0 Å². The van der Waals surface area contributed by atoms with Gasteiger partial charge in [-0.25, -0.2) is 4.79 Å². The SMILES string of the molecule is CC(C)(C)n1nc(C(=O)NC2(C(=O)O)CCC2)cc1C1CC1.